The molecule has 3 aromatic rings. The van der Waals surface area contributed by atoms with Crippen molar-refractivity contribution in [3.8, 4) is 11.5 Å². The van der Waals surface area contributed by atoms with E-state index >= 15 is 0 Å². The zero-order valence-corrected chi connectivity index (χ0v) is 21.2. The van der Waals surface area contributed by atoms with Gasteiger partial charge in [0.15, 0.2) is 0 Å². The third kappa shape index (κ3) is 6.37. The highest BCUT2D eigenvalue weighted by atomic mass is 16.5. The van der Waals surface area contributed by atoms with Crippen LogP contribution in [0.2, 0.25) is 0 Å². The number of aryl methyl sites for hydroxylation is 2. The lowest BCUT2D eigenvalue weighted by Gasteiger charge is -2.18. The molecule has 0 aromatic heterocycles. The Morgan fingerprint density at radius 3 is 1.41 bits per heavy atom. The Morgan fingerprint density at radius 1 is 0.618 bits per heavy atom. The summed E-state index contributed by atoms with van der Waals surface area (Å²) in [5, 5.41) is 3.18. The van der Waals surface area contributed by atoms with Gasteiger partial charge in [-0.25, -0.2) is 0 Å². The van der Waals surface area contributed by atoms with Crippen LogP contribution in [0.4, 0.5) is 0 Å². The lowest BCUT2D eigenvalue weighted by Crippen LogP contribution is -2.11. The summed E-state index contributed by atoms with van der Waals surface area (Å²) in [7, 11) is 0. The maximum atomic E-state index is 12.7. The highest BCUT2D eigenvalue weighted by Crippen LogP contribution is 2.44. The lowest BCUT2D eigenvalue weighted by molar-refractivity contribution is -0.135. The van der Waals surface area contributed by atoms with Crippen LogP contribution in [0.1, 0.15) is 89.2 Å². The molecule has 0 heterocycles. The molecule has 0 aliphatic carbocycles. The minimum Gasteiger partial charge on any atom is -0.425 e. The van der Waals surface area contributed by atoms with Gasteiger partial charge in [-0.3, -0.25) is 9.59 Å². The van der Waals surface area contributed by atoms with E-state index in [0.29, 0.717) is 24.3 Å². The second-order valence-corrected chi connectivity index (χ2v) is 9.26. The van der Waals surface area contributed by atoms with Gasteiger partial charge in [0.1, 0.15) is 11.5 Å². The molecule has 4 nitrogen and oxygen atoms in total. The van der Waals surface area contributed by atoms with Gasteiger partial charge in [0.25, 0.3) is 0 Å². The summed E-state index contributed by atoms with van der Waals surface area (Å²) in [6.07, 6.45) is 9.00. The molecule has 0 radical (unpaired) electrons. The smallest absolute Gasteiger partial charge is 0.311 e. The predicted molar refractivity (Wildman–Crippen MR) is 140 cm³/mol. The van der Waals surface area contributed by atoms with Gasteiger partial charge in [0.05, 0.1) is 0 Å². The third-order valence-corrected chi connectivity index (χ3v) is 6.44. The van der Waals surface area contributed by atoms with Gasteiger partial charge in [0, 0.05) is 34.4 Å². The second kappa shape index (κ2) is 12.5. The molecular weight excluding hydrogens is 424 g/mol. The van der Waals surface area contributed by atoms with Crippen molar-refractivity contribution in [2.45, 2.75) is 91.9 Å². The van der Waals surface area contributed by atoms with Gasteiger partial charge >= 0.3 is 11.9 Å². The summed E-state index contributed by atoms with van der Waals surface area (Å²) in [6.45, 7) is 8.39. The highest BCUT2D eigenvalue weighted by molar-refractivity contribution is 6.13. The molecule has 34 heavy (non-hydrogen) atoms. The molecule has 0 aliphatic rings. The molecular formula is C30H38O4. The average molecular weight is 463 g/mol. The van der Waals surface area contributed by atoms with Crippen molar-refractivity contribution in [2.75, 3.05) is 0 Å². The van der Waals surface area contributed by atoms with Gasteiger partial charge in [-0.1, -0.05) is 76.6 Å². The van der Waals surface area contributed by atoms with Crippen molar-refractivity contribution in [3.05, 3.63) is 47.5 Å². The normalized spacial score (nSPS) is 11.2. The van der Waals surface area contributed by atoms with E-state index in [0.717, 1.165) is 84.0 Å². The van der Waals surface area contributed by atoms with E-state index in [9.17, 15) is 9.59 Å². The molecule has 0 bridgehead atoms. The highest BCUT2D eigenvalue weighted by Gasteiger charge is 2.21. The number of hydrogen-bond acceptors (Lipinski definition) is 4. The number of carbonyl (C=O) groups is 2. The molecule has 3 aromatic carbocycles. The minimum atomic E-state index is -0.221. The van der Waals surface area contributed by atoms with Crippen LogP contribution >= 0.6 is 0 Å². The van der Waals surface area contributed by atoms with Crippen LogP contribution in [0.5, 0.6) is 11.5 Å². The van der Waals surface area contributed by atoms with Gasteiger partial charge < -0.3 is 9.47 Å². The molecule has 0 N–H and O–H groups in total. The quantitative estimate of drug-likeness (QED) is 0.117. The first-order valence-electron chi connectivity index (χ1n) is 12.8. The minimum absolute atomic E-state index is 0.221. The largest absolute Gasteiger partial charge is 0.425 e. The van der Waals surface area contributed by atoms with Crippen molar-refractivity contribution in [2.24, 2.45) is 0 Å². The summed E-state index contributed by atoms with van der Waals surface area (Å²) in [6, 6.07) is 11.8. The zero-order valence-electron chi connectivity index (χ0n) is 21.2. The van der Waals surface area contributed by atoms with E-state index in [1.807, 2.05) is 50.2 Å². The fraction of sp³-hybridized carbons (Fsp3) is 0.467. The maximum absolute atomic E-state index is 12.7. The Labute approximate surface area is 203 Å². The zero-order chi connectivity index (χ0) is 24.5. The molecule has 4 heteroatoms. The van der Waals surface area contributed by atoms with Crippen molar-refractivity contribution in [1.82, 2.24) is 0 Å². The molecule has 0 aliphatic heterocycles. The summed E-state index contributed by atoms with van der Waals surface area (Å²) < 4.78 is 12.0. The van der Waals surface area contributed by atoms with Crippen LogP contribution in [0.3, 0.4) is 0 Å². The van der Waals surface area contributed by atoms with Gasteiger partial charge in [-0.15, -0.1) is 0 Å². The molecule has 0 amide bonds. The molecule has 0 fully saturated rings. The Kier molecular flexibility index (Phi) is 9.50. The Balaban J connectivity index is 2.02. The number of unbranched alkanes of at least 4 members (excludes halogenated alkanes) is 6. The molecule has 0 unspecified atom stereocenters. The average Bonchev–Trinajstić information content (AvgIpc) is 2.83. The van der Waals surface area contributed by atoms with Crippen LogP contribution in [0, 0.1) is 13.8 Å². The Bertz CT molecular complexity index is 1060. The lowest BCUT2D eigenvalue weighted by atomic mass is 9.96. The Morgan fingerprint density at radius 2 is 1.03 bits per heavy atom. The molecule has 0 spiro atoms. The van der Waals surface area contributed by atoms with Crippen molar-refractivity contribution < 1.29 is 19.1 Å². The van der Waals surface area contributed by atoms with E-state index in [4.69, 9.17) is 9.47 Å². The molecule has 3 rings (SSSR count). The number of ether oxygens (including phenoxy) is 2. The maximum Gasteiger partial charge on any atom is 0.311 e. The summed E-state index contributed by atoms with van der Waals surface area (Å²) in [5.41, 5.74) is 2.19. The first-order chi connectivity index (χ1) is 16.5. The third-order valence-electron chi connectivity index (χ3n) is 6.44. The predicted octanol–water partition coefficient (Wildman–Crippen LogP) is 8.36. The van der Waals surface area contributed by atoms with Gasteiger partial charge in [0.2, 0.25) is 0 Å². The van der Waals surface area contributed by atoms with Crippen LogP contribution in [0.15, 0.2) is 36.4 Å². The van der Waals surface area contributed by atoms with E-state index in [1.54, 1.807) is 0 Å². The molecule has 0 saturated carbocycles. The summed E-state index contributed by atoms with van der Waals surface area (Å²) >= 11 is 0. The number of fused-ring (bicyclic) bond motifs is 2. The second-order valence-electron chi connectivity index (χ2n) is 9.26. The first-order valence-corrected chi connectivity index (χ1v) is 12.8. The number of benzene rings is 3. The van der Waals surface area contributed by atoms with Crippen LogP contribution in [-0.4, -0.2) is 11.9 Å². The first kappa shape index (κ1) is 25.7. The molecule has 182 valence electrons. The van der Waals surface area contributed by atoms with E-state index < -0.39 is 0 Å². The number of esters is 2. The van der Waals surface area contributed by atoms with Gasteiger partial charge in [-0.2, -0.15) is 0 Å². The molecule has 0 atom stereocenters. The number of hydrogen-bond donors (Lipinski definition) is 0. The van der Waals surface area contributed by atoms with Crippen LogP contribution in [0.25, 0.3) is 21.5 Å². The Hall–Kier alpha value is -2.88. The van der Waals surface area contributed by atoms with E-state index in [-0.39, 0.29) is 11.9 Å². The topological polar surface area (TPSA) is 52.6 Å². The molecule has 0 saturated heterocycles. The van der Waals surface area contributed by atoms with E-state index in [2.05, 4.69) is 13.8 Å². The standard InChI is InChI=1S/C30H38O4/c1-5-7-9-11-17-27(31)33-29-23-15-13-14-16-24(23)30(34-28(32)18-12-10-8-6-2)26-20-22(4)21(3)19-25(26)29/h13-16,19-20H,5-12,17-18H2,1-4H3. The van der Waals surface area contributed by atoms with Gasteiger partial charge in [-0.05, 0) is 49.9 Å². The summed E-state index contributed by atoms with van der Waals surface area (Å²) in [5.74, 6) is 0.664. The monoisotopic (exact) mass is 462 g/mol. The summed E-state index contributed by atoms with van der Waals surface area (Å²) in [4.78, 5) is 25.5. The van der Waals surface area contributed by atoms with Crippen molar-refractivity contribution >= 4 is 33.5 Å². The fourth-order valence-electron chi connectivity index (χ4n) is 4.30. The fourth-order valence-corrected chi connectivity index (χ4v) is 4.30. The number of rotatable bonds is 12. The van der Waals surface area contributed by atoms with Crippen molar-refractivity contribution in [1.29, 1.82) is 0 Å². The van der Waals surface area contributed by atoms with Crippen LogP contribution in [-0.2, 0) is 9.59 Å². The van der Waals surface area contributed by atoms with E-state index in [1.165, 1.54) is 0 Å². The SMILES string of the molecule is CCCCCCC(=O)Oc1c2ccccc2c(OC(=O)CCCCCC)c2cc(C)c(C)cc12. The van der Waals surface area contributed by atoms with Crippen LogP contribution < -0.4 is 9.47 Å². The van der Waals surface area contributed by atoms with Crippen molar-refractivity contribution in [3.63, 3.8) is 0 Å². The number of carbonyl (C=O) groups excluding carboxylic acids is 2.